The molecular formula is C22H23N7O3S. The van der Waals surface area contributed by atoms with Gasteiger partial charge < -0.3 is 15.5 Å². The molecule has 2 aromatic heterocycles. The van der Waals surface area contributed by atoms with Crippen molar-refractivity contribution in [2.75, 3.05) is 35.2 Å². The second-order valence-corrected chi connectivity index (χ2v) is 9.62. The third-order valence-electron chi connectivity index (χ3n) is 5.64. The highest BCUT2D eigenvalue weighted by molar-refractivity contribution is 7.89. The van der Waals surface area contributed by atoms with Crippen LogP contribution in [0.25, 0.3) is 0 Å². The normalized spacial score (nSPS) is 14.8. The first-order valence-corrected chi connectivity index (χ1v) is 12.2. The fraction of sp³-hybridized carbons (Fsp3) is 0.273. The van der Waals surface area contributed by atoms with Crippen molar-refractivity contribution in [1.82, 2.24) is 19.9 Å². The van der Waals surface area contributed by atoms with Crippen molar-refractivity contribution in [3.63, 3.8) is 0 Å². The average Bonchev–Trinajstić information content (AvgIpc) is 3.26. The molecule has 11 heteroatoms. The van der Waals surface area contributed by atoms with Crippen LogP contribution in [0.5, 0.6) is 0 Å². The van der Waals surface area contributed by atoms with Gasteiger partial charge in [0.2, 0.25) is 15.9 Å². The van der Waals surface area contributed by atoms with Crippen molar-refractivity contribution in [3.05, 3.63) is 59.8 Å². The monoisotopic (exact) mass is 465 g/mol. The zero-order chi connectivity index (χ0) is 22.8. The number of aryl methyl sites for hydroxylation is 1. The van der Waals surface area contributed by atoms with E-state index in [0.717, 1.165) is 16.8 Å². The molecule has 170 valence electrons. The van der Waals surface area contributed by atoms with Gasteiger partial charge >= 0.3 is 0 Å². The predicted octanol–water partition coefficient (Wildman–Crippen LogP) is 1.84. The Morgan fingerprint density at radius 3 is 2.45 bits per heavy atom. The second-order valence-electron chi connectivity index (χ2n) is 7.85. The van der Waals surface area contributed by atoms with Crippen molar-refractivity contribution in [2.45, 2.75) is 24.2 Å². The number of hydrogen-bond donors (Lipinski definition) is 3. The van der Waals surface area contributed by atoms with Crippen LogP contribution in [0.1, 0.15) is 17.5 Å². The highest BCUT2D eigenvalue weighted by atomic mass is 32.2. The minimum Gasteiger partial charge on any atom is -0.367 e. The van der Waals surface area contributed by atoms with Crippen LogP contribution < -0.4 is 20.3 Å². The summed E-state index contributed by atoms with van der Waals surface area (Å²) >= 11 is 0. The number of benzene rings is 1. The minimum absolute atomic E-state index is 0.115. The molecule has 2 aliphatic heterocycles. The second kappa shape index (κ2) is 8.75. The van der Waals surface area contributed by atoms with Gasteiger partial charge in [0.1, 0.15) is 11.6 Å². The fourth-order valence-electron chi connectivity index (χ4n) is 4.10. The molecule has 0 radical (unpaired) electrons. The van der Waals surface area contributed by atoms with E-state index in [1.54, 1.807) is 35.4 Å². The molecule has 4 heterocycles. The number of carbonyl (C=O) groups excluding carboxylic acids is 1. The Balaban J connectivity index is 1.16. The number of carbonyl (C=O) groups is 1. The Hall–Kier alpha value is -3.57. The number of rotatable bonds is 8. The minimum atomic E-state index is -3.66. The van der Waals surface area contributed by atoms with Crippen LogP contribution in [0.15, 0.2) is 53.6 Å². The van der Waals surface area contributed by atoms with Gasteiger partial charge in [0.25, 0.3) is 0 Å². The molecule has 0 unspecified atom stereocenters. The maximum absolute atomic E-state index is 12.8. The summed E-state index contributed by atoms with van der Waals surface area (Å²) in [6.07, 6.45) is 3.36. The lowest BCUT2D eigenvalue weighted by Crippen LogP contribution is -2.33. The van der Waals surface area contributed by atoms with Crippen molar-refractivity contribution in [2.24, 2.45) is 0 Å². The molecule has 0 saturated heterocycles. The molecule has 0 fully saturated rings. The largest absolute Gasteiger partial charge is 0.367 e. The van der Waals surface area contributed by atoms with E-state index in [-0.39, 0.29) is 17.3 Å². The van der Waals surface area contributed by atoms with Crippen molar-refractivity contribution in [3.8, 4) is 0 Å². The molecule has 3 N–H and O–H groups in total. The Bertz CT molecular complexity index is 1280. The number of sulfonamides is 1. The Morgan fingerprint density at radius 1 is 0.909 bits per heavy atom. The van der Waals surface area contributed by atoms with Gasteiger partial charge in [-0.2, -0.15) is 0 Å². The lowest BCUT2D eigenvalue weighted by molar-refractivity contribution is -0.118. The molecule has 0 bridgehead atoms. The first-order valence-electron chi connectivity index (χ1n) is 10.7. The SMILES string of the molecule is O=C1CCc2cc(S(=O)(=O)NCCNc3ccc(Nc4ccccn4)nn3)cc3c2N1CC3. The predicted molar refractivity (Wildman–Crippen MR) is 124 cm³/mol. The van der Waals surface area contributed by atoms with Gasteiger partial charge in [-0.15, -0.1) is 10.2 Å². The molecule has 0 spiro atoms. The Kier molecular flexibility index (Phi) is 5.65. The van der Waals surface area contributed by atoms with Crippen molar-refractivity contribution < 1.29 is 13.2 Å². The van der Waals surface area contributed by atoms with Crippen LogP contribution in [0.2, 0.25) is 0 Å². The van der Waals surface area contributed by atoms with Crippen molar-refractivity contribution in [1.29, 1.82) is 0 Å². The van der Waals surface area contributed by atoms with Gasteiger partial charge in [0, 0.05) is 32.3 Å². The molecule has 2 aliphatic rings. The topological polar surface area (TPSA) is 129 Å². The van der Waals surface area contributed by atoms with Gasteiger partial charge in [-0.25, -0.2) is 18.1 Å². The van der Waals surface area contributed by atoms with Gasteiger partial charge in [-0.05, 0) is 60.4 Å². The highest BCUT2D eigenvalue weighted by Gasteiger charge is 2.32. The molecular weight excluding hydrogens is 442 g/mol. The van der Waals surface area contributed by atoms with Gasteiger partial charge in [0.15, 0.2) is 5.82 Å². The Labute approximate surface area is 191 Å². The van der Waals surface area contributed by atoms with E-state index < -0.39 is 10.0 Å². The zero-order valence-corrected chi connectivity index (χ0v) is 18.6. The zero-order valence-electron chi connectivity index (χ0n) is 17.8. The van der Waals surface area contributed by atoms with E-state index in [9.17, 15) is 13.2 Å². The number of aromatic nitrogens is 3. The summed E-state index contributed by atoms with van der Waals surface area (Å²) in [6.45, 7) is 1.16. The smallest absolute Gasteiger partial charge is 0.240 e. The summed E-state index contributed by atoms with van der Waals surface area (Å²) in [7, 11) is -3.66. The molecule has 5 rings (SSSR count). The third-order valence-corrected chi connectivity index (χ3v) is 7.08. The van der Waals surface area contributed by atoms with Crippen molar-refractivity contribution >= 4 is 39.1 Å². The van der Waals surface area contributed by atoms with Gasteiger partial charge in [0.05, 0.1) is 10.6 Å². The number of pyridine rings is 1. The van der Waals surface area contributed by atoms with Crippen LogP contribution >= 0.6 is 0 Å². The number of amides is 1. The molecule has 33 heavy (non-hydrogen) atoms. The third kappa shape index (κ3) is 4.50. The summed E-state index contributed by atoms with van der Waals surface area (Å²) in [5, 5.41) is 14.3. The maximum atomic E-state index is 12.8. The van der Waals surface area contributed by atoms with E-state index >= 15 is 0 Å². The highest BCUT2D eigenvalue weighted by Crippen LogP contribution is 2.38. The quantitative estimate of drug-likeness (QED) is 0.430. The number of hydrogen-bond acceptors (Lipinski definition) is 8. The van der Waals surface area contributed by atoms with Crippen LogP contribution in [0.3, 0.4) is 0 Å². The van der Waals surface area contributed by atoms with E-state index in [2.05, 4.69) is 30.5 Å². The molecule has 0 atom stereocenters. The Morgan fingerprint density at radius 2 is 1.70 bits per heavy atom. The van der Waals surface area contributed by atoms with Crippen LogP contribution in [0.4, 0.5) is 23.1 Å². The summed E-state index contributed by atoms with van der Waals surface area (Å²) in [5.41, 5.74) is 2.76. The first kappa shape index (κ1) is 21.3. The first-order chi connectivity index (χ1) is 16.0. The molecule has 1 aromatic carbocycles. The summed E-state index contributed by atoms with van der Waals surface area (Å²) in [6, 6.07) is 12.4. The molecule has 1 amide bonds. The number of nitrogens with one attached hydrogen (secondary N) is 3. The summed E-state index contributed by atoms with van der Waals surface area (Å²) < 4.78 is 28.3. The summed E-state index contributed by atoms with van der Waals surface area (Å²) in [5.74, 6) is 1.87. The number of anilines is 4. The van der Waals surface area contributed by atoms with Crippen LogP contribution in [-0.4, -0.2) is 49.1 Å². The van der Waals surface area contributed by atoms with Crippen LogP contribution in [0, 0.1) is 0 Å². The molecule has 0 saturated carbocycles. The summed E-state index contributed by atoms with van der Waals surface area (Å²) in [4.78, 5) is 18.3. The molecule has 3 aromatic rings. The van der Waals surface area contributed by atoms with Gasteiger partial charge in [-0.3, -0.25) is 4.79 Å². The van der Waals surface area contributed by atoms with E-state index in [4.69, 9.17) is 0 Å². The van der Waals surface area contributed by atoms with Gasteiger partial charge in [-0.1, -0.05) is 6.07 Å². The van der Waals surface area contributed by atoms with Crippen LogP contribution in [-0.2, 0) is 27.7 Å². The lowest BCUT2D eigenvalue weighted by Gasteiger charge is -2.25. The van der Waals surface area contributed by atoms with E-state index in [0.29, 0.717) is 49.8 Å². The number of nitrogens with zero attached hydrogens (tertiary/aromatic N) is 4. The van der Waals surface area contributed by atoms with E-state index in [1.165, 1.54) is 0 Å². The standard InChI is InChI=1S/C22H23N7O3S/c30-21-7-4-15-13-17(14-16-8-12-29(21)22(15)16)33(31,32)25-11-10-24-19-5-6-20(28-27-19)26-18-3-1-2-9-23-18/h1-3,5-6,9,13-14,25H,4,7-8,10-12H2,(H,24,27)(H,23,26,28). The average molecular weight is 466 g/mol. The molecule has 10 nitrogen and oxygen atoms in total. The fourth-order valence-corrected chi connectivity index (χ4v) is 5.23. The lowest BCUT2D eigenvalue weighted by atomic mass is 10.00. The van der Waals surface area contributed by atoms with E-state index in [1.807, 2.05) is 18.2 Å². The maximum Gasteiger partial charge on any atom is 0.240 e. The molecule has 0 aliphatic carbocycles.